The van der Waals surface area contributed by atoms with E-state index in [-0.39, 0.29) is 11.9 Å². The first-order valence-corrected chi connectivity index (χ1v) is 7.01. The van der Waals surface area contributed by atoms with Gasteiger partial charge in [0, 0.05) is 13.1 Å². The van der Waals surface area contributed by atoms with Gasteiger partial charge in [-0.2, -0.15) is 0 Å². The van der Waals surface area contributed by atoms with Gasteiger partial charge in [-0.05, 0) is 52.4 Å². The van der Waals surface area contributed by atoms with E-state index in [1.807, 2.05) is 6.92 Å². The molecule has 1 rings (SSSR count). The lowest BCUT2D eigenvalue weighted by atomic mass is 10.0. The molecule has 0 bridgehead atoms. The van der Waals surface area contributed by atoms with Gasteiger partial charge in [-0.1, -0.05) is 6.92 Å². The molecule has 4 heteroatoms. The number of carbonyl (C=O) groups excluding carboxylic acids is 1. The van der Waals surface area contributed by atoms with E-state index in [4.69, 9.17) is 4.74 Å². The van der Waals surface area contributed by atoms with Crippen molar-refractivity contribution in [3.63, 3.8) is 0 Å². The van der Waals surface area contributed by atoms with Crippen molar-refractivity contribution in [1.82, 2.24) is 9.80 Å². The normalized spacial score (nSPS) is 22.4. The quantitative estimate of drug-likeness (QED) is 0.646. The second kappa shape index (κ2) is 7.74. The predicted molar refractivity (Wildman–Crippen MR) is 73.5 cm³/mol. The summed E-state index contributed by atoms with van der Waals surface area (Å²) >= 11 is 0. The van der Waals surface area contributed by atoms with E-state index < -0.39 is 0 Å². The summed E-state index contributed by atoms with van der Waals surface area (Å²) in [6.07, 6.45) is 3.40. The smallest absolute Gasteiger partial charge is 0.309 e. The Morgan fingerprint density at radius 1 is 1.56 bits per heavy atom. The number of hydrogen-bond donors (Lipinski definition) is 0. The van der Waals surface area contributed by atoms with Gasteiger partial charge in [0.15, 0.2) is 0 Å². The molecule has 1 saturated heterocycles. The van der Waals surface area contributed by atoms with Crippen LogP contribution in [0.15, 0.2) is 0 Å². The molecule has 1 fully saturated rings. The van der Waals surface area contributed by atoms with Gasteiger partial charge >= 0.3 is 5.97 Å². The molecule has 0 aromatic carbocycles. The first kappa shape index (κ1) is 15.4. The second-order valence-electron chi connectivity index (χ2n) is 5.60. The Bertz CT molecular complexity index is 258. The number of esters is 1. The molecular weight excluding hydrogens is 228 g/mol. The fourth-order valence-corrected chi connectivity index (χ4v) is 2.67. The summed E-state index contributed by atoms with van der Waals surface area (Å²) in [5, 5.41) is 0. The fraction of sp³-hybridized carbons (Fsp3) is 0.929. The summed E-state index contributed by atoms with van der Waals surface area (Å²) in [6, 6.07) is 0. The van der Waals surface area contributed by atoms with Crippen molar-refractivity contribution in [2.45, 2.75) is 26.2 Å². The van der Waals surface area contributed by atoms with E-state index in [1.54, 1.807) is 0 Å². The second-order valence-corrected chi connectivity index (χ2v) is 5.60. The highest BCUT2D eigenvalue weighted by atomic mass is 16.5. The summed E-state index contributed by atoms with van der Waals surface area (Å²) in [5.41, 5.74) is 0. The van der Waals surface area contributed by atoms with Crippen LogP contribution in [0.1, 0.15) is 26.2 Å². The Kier molecular flexibility index (Phi) is 6.65. The third-order valence-electron chi connectivity index (χ3n) is 3.97. The number of likely N-dealkylation sites (tertiary alicyclic amines) is 1. The molecule has 0 spiro atoms. The van der Waals surface area contributed by atoms with Crippen LogP contribution in [0.5, 0.6) is 0 Å². The molecule has 0 N–H and O–H groups in total. The van der Waals surface area contributed by atoms with Gasteiger partial charge < -0.3 is 14.5 Å². The van der Waals surface area contributed by atoms with Gasteiger partial charge in [0.2, 0.25) is 0 Å². The SMILES string of the molecule is CCC(CN(C)CCC1CCN(C)C1)C(=O)OC. The van der Waals surface area contributed by atoms with Crippen LogP contribution >= 0.6 is 0 Å². The molecule has 1 aliphatic rings. The van der Waals surface area contributed by atoms with E-state index in [0.717, 1.165) is 25.4 Å². The van der Waals surface area contributed by atoms with E-state index in [1.165, 1.54) is 33.0 Å². The molecule has 2 unspecified atom stereocenters. The molecule has 0 saturated carbocycles. The summed E-state index contributed by atoms with van der Waals surface area (Å²) < 4.78 is 4.82. The summed E-state index contributed by atoms with van der Waals surface area (Å²) in [7, 11) is 5.76. The van der Waals surface area contributed by atoms with E-state index in [2.05, 4.69) is 23.9 Å². The number of nitrogens with zero attached hydrogens (tertiary/aromatic N) is 2. The van der Waals surface area contributed by atoms with Crippen molar-refractivity contribution >= 4 is 5.97 Å². The Hall–Kier alpha value is -0.610. The molecule has 4 nitrogen and oxygen atoms in total. The zero-order valence-electron chi connectivity index (χ0n) is 12.3. The monoisotopic (exact) mass is 256 g/mol. The first-order valence-electron chi connectivity index (χ1n) is 7.01. The number of ether oxygens (including phenoxy) is 1. The maximum absolute atomic E-state index is 11.5. The third-order valence-corrected chi connectivity index (χ3v) is 3.97. The average molecular weight is 256 g/mol. The number of hydrogen-bond acceptors (Lipinski definition) is 4. The minimum atomic E-state index is -0.0788. The van der Waals surface area contributed by atoms with Crippen LogP contribution in [0.4, 0.5) is 0 Å². The topological polar surface area (TPSA) is 32.8 Å². The van der Waals surface area contributed by atoms with Crippen molar-refractivity contribution in [2.75, 3.05) is 47.4 Å². The molecule has 106 valence electrons. The van der Waals surface area contributed by atoms with E-state index in [9.17, 15) is 4.79 Å². The highest BCUT2D eigenvalue weighted by molar-refractivity contribution is 5.72. The standard InChI is InChI=1S/C14H28N2O2/c1-5-13(14(17)18-4)11-16(3)9-7-12-6-8-15(2)10-12/h12-13H,5-11H2,1-4H3. The number of carbonyl (C=O) groups is 1. The Labute approximate surface area is 111 Å². The molecule has 0 aromatic heterocycles. The maximum Gasteiger partial charge on any atom is 0.309 e. The van der Waals surface area contributed by atoms with Crippen LogP contribution in [0.25, 0.3) is 0 Å². The van der Waals surface area contributed by atoms with Crippen LogP contribution in [0.2, 0.25) is 0 Å². The van der Waals surface area contributed by atoms with Gasteiger partial charge in [0.1, 0.15) is 0 Å². The molecular formula is C14H28N2O2. The van der Waals surface area contributed by atoms with Crippen molar-refractivity contribution in [3.8, 4) is 0 Å². The van der Waals surface area contributed by atoms with Crippen LogP contribution in [-0.4, -0.2) is 63.2 Å². The fourth-order valence-electron chi connectivity index (χ4n) is 2.67. The summed E-state index contributed by atoms with van der Waals surface area (Å²) in [6.45, 7) is 6.38. The summed E-state index contributed by atoms with van der Waals surface area (Å²) in [4.78, 5) is 16.2. The van der Waals surface area contributed by atoms with Crippen LogP contribution in [-0.2, 0) is 9.53 Å². The lowest BCUT2D eigenvalue weighted by Crippen LogP contribution is -2.32. The molecule has 1 heterocycles. The third kappa shape index (κ3) is 4.94. The van der Waals surface area contributed by atoms with Gasteiger partial charge in [0.25, 0.3) is 0 Å². The Balaban J connectivity index is 2.23. The van der Waals surface area contributed by atoms with Crippen LogP contribution in [0.3, 0.4) is 0 Å². The molecule has 1 aliphatic heterocycles. The van der Waals surface area contributed by atoms with Gasteiger partial charge in [0.05, 0.1) is 13.0 Å². The van der Waals surface area contributed by atoms with Gasteiger partial charge in [-0.25, -0.2) is 0 Å². The highest BCUT2D eigenvalue weighted by Crippen LogP contribution is 2.18. The van der Waals surface area contributed by atoms with Gasteiger partial charge in [-0.15, -0.1) is 0 Å². The zero-order chi connectivity index (χ0) is 13.5. The van der Waals surface area contributed by atoms with Crippen molar-refractivity contribution in [2.24, 2.45) is 11.8 Å². The lowest BCUT2D eigenvalue weighted by Gasteiger charge is -2.22. The van der Waals surface area contributed by atoms with Crippen LogP contribution < -0.4 is 0 Å². The summed E-state index contributed by atoms with van der Waals surface area (Å²) in [5.74, 6) is 0.770. The van der Waals surface area contributed by atoms with Gasteiger partial charge in [-0.3, -0.25) is 4.79 Å². The largest absolute Gasteiger partial charge is 0.469 e. The van der Waals surface area contributed by atoms with E-state index >= 15 is 0 Å². The van der Waals surface area contributed by atoms with Crippen LogP contribution in [0, 0.1) is 11.8 Å². The highest BCUT2D eigenvalue weighted by Gasteiger charge is 2.22. The number of methoxy groups -OCH3 is 1. The molecule has 2 atom stereocenters. The molecule has 18 heavy (non-hydrogen) atoms. The van der Waals surface area contributed by atoms with E-state index in [0.29, 0.717) is 0 Å². The van der Waals surface area contributed by atoms with Crippen molar-refractivity contribution in [3.05, 3.63) is 0 Å². The lowest BCUT2D eigenvalue weighted by molar-refractivity contribution is -0.146. The Morgan fingerprint density at radius 2 is 2.28 bits per heavy atom. The first-order chi connectivity index (χ1) is 8.56. The maximum atomic E-state index is 11.5. The molecule has 0 amide bonds. The molecule has 0 aliphatic carbocycles. The predicted octanol–water partition coefficient (Wildman–Crippen LogP) is 1.46. The zero-order valence-corrected chi connectivity index (χ0v) is 12.3. The Morgan fingerprint density at radius 3 is 2.78 bits per heavy atom. The average Bonchev–Trinajstić information content (AvgIpc) is 2.78. The van der Waals surface area contributed by atoms with Crippen molar-refractivity contribution in [1.29, 1.82) is 0 Å². The molecule has 0 aromatic rings. The minimum absolute atomic E-state index is 0.0197. The molecule has 0 radical (unpaired) electrons. The van der Waals surface area contributed by atoms with Crippen molar-refractivity contribution < 1.29 is 9.53 Å². The minimum Gasteiger partial charge on any atom is -0.469 e. The number of rotatable bonds is 7.